The van der Waals surface area contributed by atoms with Gasteiger partial charge in [0.2, 0.25) is 0 Å². The summed E-state index contributed by atoms with van der Waals surface area (Å²) in [4.78, 5) is 8.37. The number of nitrogens with zero attached hydrogens (tertiary/aromatic N) is 2. The summed E-state index contributed by atoms with van der Waals surface area (Å²) in [5.74, 6) is 4.64. The Hall–Kier alpha value is 0.482. The van der Waals surface area contributed by atoms with Crippen LogP contribution in [0, 0.1) is 191 Å². The van der Waals surface area contributed by atoms with E-state index in [4.69, 9.17) is 0 Å². The second-order valence-corrected chi connectivity index (χ2v) is 7.99. The summed E-state index contributed by atoms with van der Waals surface area (Å²) in [5, 5.41) is 0. The molecule has 0 heterocycles. The van der Waals surface area contributed by atoms with Crippen molar-refractivity contribution in [3.05, 3.63) is 215 Å². The van der Waals surface area contributed by atoms with Gasteiger partial charge in [-0.05, 0) is 167 Å². The van der Waals surface area contributed by atoms with Crippen LogP contribution in [0.5, 0.6) is 0 Å². The minimum absolute atomic E-state index is 0. The van der Waals surface area contributed by atoms with Crippen LogP contribution in [-0.2, 0) is 53.6 Å². The Morgan fingerprint density at radius 2 is 0.537 bits per heavy atom. The largest absolute Gasteiger partial charge is 2.00 e. The van der Waals surface area contributed by atoms with Gasteiger partial charge in [0, 0.05) is 48.5 Å². The van der Waals surface area contributed by atoms with Crippen LogP contribution in [0.15, 0.2) is 34.5 Å². The molecule has 204 valence electrons. The number of allylic oxidation sites excluding steroid dienone is 2. The summed E-state index contributed by atoms with van der Waals surface area (Å²) in [6.07, 6.45) is 63.7. The second-order valence-electron chi connectivity index (χ2n) is 7.99. The van der Waals surface area contributed by atoms with Gasteiger partial charge in [-0.3, -0.25) is 9.98 Å². The first kappa shape index (κ1) is 41.5. The minimum atomic E-state index is 0. The van der Waals surface area contributed by atoms with Crippen LogP contribution in [0.1, 0.15) is 0 Å². The summed E-state index contributed by atoms with van der Waals surface area (Å²) >= 11 is 0. The van der Waals surface area contributed by atoms with Gasteiger partial charge in [-0.1, -0.05) is 12.2 Å². The predicted octanol–water partition coefficient (Wildman–Crippen LogP) is 6.80. The van der Waals surface area contributed by atoms with Gasteiger partial charge >= 0.3 is 53.6 Å². The van der Waals surface area contributed by atoms with E-state index >= 15 is 0 Å². The third kappa shape index (κ3) is 21.8. The van der Waals surface area contributed by atoms with Gasteiger partial charge in [0.1, 0.15) is 0 Å². The van der Waals surface area contributed by atoms with Crippen molar-refractivity contribution in [3.8, 4) is 0 Å². The summed E-state index contributed by atoms with van der Waals surface area (Å²) in [5.41, 5.74) is 0. The molecule has 5 heteroatoms. The quantitative estimate of drug-likeness (QED) is 0.215. The molecule has 6 fully saturated rings. The molecule has 0 aromatic rings. The summed E-state index contributed by atoms with van der Waals surface area (Å²) < 4.78 is 0. The zero-order chi connectivity index (χ0) is 26.4. The first-order valence-corrected chi connectivity index (χ1v) is 12.5. The molecule has 0 bridgehead atoms. The molecule has 0 saturated heterocycles. The molecular formula is C36H32Fe2N2Ru+6. The maximum atomic E-state index is 4.18. The molecule has 0 aromatic heterocycles. The molecule has 2 nitrogen and oxygen atoms in total. The van der Waals surface area contributed by atoms with E-state index in [2.05, 4.69) is 35.7 Å². The maximum absolute atomic E-state index is 4.18. The molecule has 6 aliphatic rings. The fraction of sp³-hybridized carbons (Fsp3) is 0. The van der Waals surface area contributed by atoms with Crippen molar-refractivity contribution >= 4 is 12.4 Å². The SMILES string of the molecule is [CH]1[CH][CH][CH][CH]1.[CH]1[CH][CH][CH][CH]1.[CH]1[CH][CH][C](C=N/C=C/[C]2[CH][CH][CH][CH]2)[CH]1.[CH]1[CH][CH][C](C=N/C=C/[C]2[CH][CH][CH][CH]2)[CH]1.[Fe+2].[Fe+2].[Ru+2]. The van der Waals surface area contributed by atoms with E-state index in [9.17, 15) is 0 Å². The Balaban J connectivity index is 0.000000556. The van der Waals surface area contributed by atoms with Crippen molar-refractivity contribution in [2.45, 2.75) is 0 Å². The second kappa shape index (κ2) is 29.2. The Morgan fingerprint density at radius 1 is 0.317 bits per heavy atom. The first-order valence-electron chi connectivity index (χ1n) is 12.5. The van der Waals surface area contributed by atoms with Crippen molar-refractivity contribution < 1.29 is 53.6 Å². The zero-order valence-electron chi connectivity index (χ0n) is 22.4. The average Bonchev–Trinajstić information content (AvgIpc) is 3.79. The first-order chi connectivity index (χ1) is 18.9. The van der Waals surface area contributed by atoms with Gasteiger partial charge < -0.3 is 0 Å². The standard InChI is InChI=1S/2C13H11N.2C5H5.2Fe.Ru/c2*1-2-6-12(5-1)9-10-14-11-13-7-3-4-8-13;2*1-2-4-5-3-1;;;/h2*1-11H;2*1-5H;;;/q;;;;3*+2/b2*10-9+,14-11?;;;;;. The van der Waals surface area contributed by atoms with Gasteiger partial charge in [0.05, 0.1) is 0 Å². The Morgan fingerprint density at radius 3 is 0.780 bits per heavy atom. The normalized spacial score (nSPS) is 23.6. The van der Waals surface area contributed by atoms with E-state index in [-0.39, 0.29) is 53.6 Å². The minimum Gasteiger partial charge on any atom is -0.269 e. The summed E-state index contributed by atoms with van der Waals surface area (Å²) in [7, 11) is 0. The Labute approximate surface area is 289 Å². The molecule has 6 rings (SSSR count). The average molecular weight is 705 g/mol. The van der Waals surface area contributed by atoms with Crippen LogP contribution in [-0.4, -0.2) is 12.4 Å². The van der Waals surface area contributed by atoms with Crippen LogP contribution < -0.4 is 0 Å². The van der Waals surface area contributed by atoms with E-state index in [1.165, 1.54) is 11.8 Å². The monoisotopic (exact) mass is 706 g/mol. The number of hydrogen-bond donors (Lipinski definition) is 0. The number of rotatable bonds is 6. The fourth-order valence-electron chi connectivity index (χ4n) is 3.11. The van der Waals surface area contributed by atoms with Gasteiger partial charge in [-0.2, -0.15) is 0 Å². The van der Waals surface area contributed by atoms with E-state index in [1.54, 1.807) is 0 Å². The van der Waals surface area contributed by atoms with E-state index in [1.807, 2.05) is 178 Å². The van der Waals surface area contributed by atoms with Crippen molar-refractivity contribution in [2.24, 2.45) is 9.98 Å². The topological polar surface area (TPSA) is 24.7 Å². The predicted molar refractivity (Wildman–Crippen MR) is 160 cm³/mol. The Kier molecular flexibility index (Phi) is 29.6. The van der Waals surface area contributed by atoms with Gasteiger partial charge in [0.25, 0.3) is 0 Å². The molecule has 30 radical (unpaired) electrons. The van der Waals surface area contributed by atoms with E-state index in [0.717, 1.165) is 11.8 Å². The van der Waals surface area contributed by atoms with Gasteiger partial charge in [-0.15, -0.1) is 0 Å². The molecule has 0 aromatic carbocycles. The third-order valence-corrected chi connectivity index (χ3v) is 5.02. The molecule has 0 atom stereocenters. The molecule has 0 amide bonds. The van der Waals surface area contributed by atoms with Crippen LogP contribution in [0.25, 0.3) is 0 Å². The van der Waals surface area contributed by atoms with E-state index in [0.29, 0.717) is 0 Å². The fourth-order valence-corrected chi connectivity index (χ4v) is 3.11. The van der Waals surface area contributed by atoms with Gasteiger partial charge in [0.15, 0.2) is 0 Å². The maximum Gasteiger partial charge on any atom is 2.00 e. The zero-order valence-corrected chi connectivity index (χ0v) is 26.4. The molecule has 6 saturated carbocycles. The van der Waals surface area contributed by atoms with Crippen molar-refractivity contribution in [3.63, 3.8) is 0 Å². The van der Waals surface area contributed by atoms with Crippen LogP contribution >= 0.6 is 0 Å². The molecule has 0 spiro atoms. The van der Waals surface area contributed by atoms with Gasteiger partial charge in [-0.25, -0.2) is 0 Å². The van der Waals surface area contributed by atoms with Crippen molar-refractivity contribution in [1.82, 2.24) is 0 Å². The van der Waals surface area contributed by atoms with Crippen LogP contribution in [0.2, 0.25) is 0 Å². The molecule has 41 heavy (non-hydrogen) atoms. The molecular weight excluding hydrogens is 673 g/mol. The molecule has 0 N–H and O–H groups in total. The van der Waals surface area contributed by atoms with Crippen LogP contribution in [0.4, 0.5) is 0 Å². The molecule has 0 aliphatic heterocycles. The summed E-state index contributed by atoms with van der Waals surface area (Å²) in [6.45, 7) is 0. The van der Waals surface area contributed by atoms with Crippen LogP contribution in [0.3, 0.4) is 0 Å². The number of hydrogen-bond acceptors (Lipinski definition) is 2. The Bertz CT molecular complexity index is 540. The smallest absolute Gasteiger partial charge is 0.269 e. The third-order valence-electron chi connectivity index (χ3n) is 5.02. The summed E-state index contributed by atoms with van der Waals surface area (Å²) in [6, 6.07) is 0. The number of aliphatic imine (C=N–C) groups is 2. The van der Waals surface area contributed by atoms with Crippen molar-refractivity contribution in [1.29, 1.82) is 0 Å². The molecule has 6 aliphatic carbocycles. The van der Waals surface area contributed by atoms with E-state index < -0.39 is 0 Å². The van der Waals surface area contributed by atoms with Crippen molar-refractivity contribution in [2.75, 3.05) is 0 Å². The molecule has 0 unspecified atom stereocenters.